The summed E-state index contributed by atoms with van der Waals surface area (Å²) in [6.07, 6.45) is 2.79. The Morgan fingerprint density at radius 1 is 1.10 bits per heavy atom. The quantitative estimate of drug-likeness (QED) is 0.933. The van der Waals surface area contributed by atoms with Gasteiger partial charge in [0.2, 0.25) is 0 Å². The third-order valence-electron chi connectivity index (χ3n) is 3.70. The molecule has 1 aliphatic heterocycles. The molecular weight excluding hydrogens is 264 g/mol. The fourth-order valence-corrected chi connectivity index (χ4v) is 2.51. The molecule has 1 fully saturated rings. The highest BCUT2D eigenvalue weighted by Gasteiger charge is 2.12. The number of aromatic nitrogens is 2. The summed E-state index contributed by atoms with van der Waals surface area (Å²) < 4.78 is 5.19. The molecule has 110 valence electrons. The number of hydrogen-bond acceptors (Lipinski definition) is 5. The topological polar surface area (TPSA) is 50.3 Å². The summed E-state index contributed by atoms with van der Waals surface area (Å²) in [6.45, 7) is 4.10. The van der Waals surface area contributed by atoms with Crippen molar-refractivity contribution in [3.8, 4) is 17.0 Å². The zero-order chi connectivity index (χ0) is 14.5. The van der Waals surface area contributed by atoms with Crippen molar-refractivity contribution >= 4 is 5.82 Å². The van der Waals surface area contributed by atoms with Gasteiger partial charge in [0, 0.05) is 31.3 Å². The van der Waals surface area contributed by atoms with Crippen LogP contribution in [0, 0.1) is 0 Å². The molecule has 0 unspecified atom stereocenters. The fourth-order valence-electron chi connectivity index (χ4n) is 2.51. The van der Waals surface area contributed by atoms with Crippen LogP contribution in [0.2, 0.25) is 0 Å². The molecule has 3 rings (SSSR count). The molecular formula is C16H20N4O. The molecule has 0 radical (unpaired) electrons. The first-order valence-corrected chi connectivity index (χ1v) is 7.29. The highest BCUT2D eigenvalue weighted by Crippen LogP contribution is 2.23. The third kappa shape index (κ3) is 3.31. The zero-order valence-electron chi connectivity index (χ0n) is 12.2. The summed E-state index contributed by atoms with van der Waals surface area (Å²) >= 11 is 0. The van der Waals surface area contributed by atoms with Gasteiger partial charge in [-0.3, -0.25) is 0 Å². The molecule has 5 nitrogen and oxygen atoms in total. The van der Waals surface area contributed by atoms with Gasteiger partial charge < -0.3 is 15.0 Å². The Labute approximate surface area is 125 Å². The number of benzene rings is 1. The average molecular weight is 284 g/mol. The highest BCUT2D eigenvalue weighted by atomic mass is 16.5. The lowest BCUT2D eigenvalue weighted by molar-refractivity contribution is 0.415. The van der Waals surface area contributed by atoms with Crippen molar-refractivity contribution in [2.75, 3.05) is 38.2 Å². The van der Waals surface area contributed by atoms with Gasteiger partial charge in [0.15, 0.2) is 0 Å². The maximum Gasteiger partial charge on any atom is 0.132 e. The Morgan fingerprint density at radius 2 is 1.95 bits per heavy atom. The largest absolute Gasteiger partial charge is 0.497 e. The average Bonchev–Trinajstić information content (AvgIpc) is 2.84. The van der Waals surface area contributed by atoms with E-state index in [0.717, 1.165) is 55.4 Å². The minimum atomic E-state index is 0.853. The van der Waals surface area contributed by atoms with Crippen molar-refractivity contribution in [3.63, 3.8) is 0 Å². The molecule has 1 saturated heterocycles. The molecule has 2 heterocycles. The lowest BCUT2D eigenvalue weighted by atomic mass is 10.1. The van der Waals surface area contributed by atoms with E-state index in [-0.39, 0.29) is 0 Å². The van der Waals surface area contributed by atoms with Gasteiger partial charge in [-0.15, -0.1) is 0 Å². The molecule has 1 N–H and O–H groups in total. The summed E-state index contributed by atoms with van der Waals surface area (Å²) in [5, 5.41) is 3.41. The summed E-state index contributed by atoms with van der Waals surface area (Å²) in [4.78, 5) is 11.1. The molecule has 0 atom stereocenters. The van der Waals surface area contributed by atoms with Crippen LogP contribution in [0.1, 0.15) is 6.42 Å². The maximum atomic E-state index is 5.19. The van der Waals surface area contributed by atoms with Crippen LogP contribution in [0.5, 0.6) is 5.75 Å². The first kappa shape index (κ1) is 13.8. The molecule has 1 aromatic carbocycles. The highest BCUT2D eigenvalue weighted by molar-refractivity contribution is 5.63. The van der Waals surface area contributed by atoms with Gasteiger partial charge in [-0.2, -0.15) is 0 Å². The minimum absolute atomic E-state index is 0.853. The summed E-state index contributed by atoms with van der Waals surface area (Å²) in [6, 6.07) is 10.0. The van der Waals surface area contributed by atoms with Crippen LogP contribution in [-0.4, -0.2) is 43.3 Å². The molecule has 0 spiro atoms. The van der Waals surface area contributed by atoms with Crippen molar-refractivity contribution in [1.82, 2.24) is 15.3 Å². The van der Waals surface area contributed by atoms with E-state index in [1.807, 2.05) is 24.3 Å². The van der Waals surface area contributed by atoms with Gasteiger partial charge in [0.05, 0.1) is 12.8 Å². The standard InChI is InChI=1S/C16H20N4O/c1-21-14-5-3-13(4-6-14)15-11-16(19-12-18-15)20-9-2-7-17-8-10-20/h3-6,11-12,17H,2,7-10H2,1H3. The lowest BCUT2D eigenvalue weighted by Crippen LogP contribution is -2.28. The molecule has 1 aliphatic rings. The van der Waals surface area contributed by atoms with E-state index in [1.165, 1.54) is 0 Å². The van der Waals surface area contributed by atoms with Gasteiger partial charge in [0.1, 0.15) is 17.9 Å². The first-order chi connectivity index (χ1) is 10.4. The molecule has 0 aliphatic carbocycles. The normalized spacial score (nSPS) is 15.6. The fraction of sp³-hybridized carbons (Fsp3) is 0.375. The molecule has 0 saturated carbocycles. The van der Waals surface area contributed by atoms with Crippen LogP contribution in [0.3, 0.4) is 0 Å². The SMILES string of the molecule is COc1ccc(-c2cc(N3CCCNCC3)ncn2)cc1. The van der Waals surface area contributed by atoms with Crippen LogP contribution in [0.25, 0.3) is 11.3 Å². The number of hydrogen-bond donors (Lipinski definition) is 1. The van der Waals surface area contributed by atoms with Crippen LogP contribution < -0.4 is 15.0 Å². The Bertz CT molecular complexity index is 577. The van der Waals surface area contributed by atoms with E-state index < -0.39 is 0 Å². The molecule has 21 heavy (non-hydrogen) atoms. The predicted octanol–water partition coefficient (Wildman–Crippen LogP) is 1.95. The van der Waals surface area contributed by atoms with Gasteiger partial charge >= 0.3 is 0 Å². The maximum absolute atomic E-state index is 5.19. The number of methoxy groups -OCH3 is 1. The van der Waals surface area contributed by atoms with Crippen LogP contribution in [0.4, 0.5) is 5.82 Å². The Morgan fingerprint density at radius 3 is 2.76 bits per heavy atom. The van der Waals surface area contributed by atoms with E-state index in [1.54, 1.807) is 13.4 Å². The Balaban J connectivity index is 1.84. The Hall–Kier alpha value is -2.14. The summed E-state index contributed by atoms with van der Waals surface area (Å²) in [5.74, 6) is 1.85. The van der Waals surface area contributed by atoms with Gasteiger partial charge in [-0.05, 0) is 37.2 Å². The summed E-state index contributed by atoms with van der Waals surface area (Å²) in [5.41, 5.74) is 2.02. The van der Waals surface area contributed by atoms with E-state index >= 15 is 0 Å². The number of nitrogens with zero attached hydrogens (tertiary/aromatic N) is 3. The van der Waals surface area contributed by atoms with Crippen LogP contribution >= 0.6 is 0 Å². The lowest BCUT2D eigenvalue weighted by Gasteiger charge is -2.21. The zero-order valence-corrected chi connectivity index (χ0v) is 12.2. The van der Waals surface area contributed by atoms with Crippen LogP contribution in [0.15, 0.2) is 36.7 Å². The van der Waals surface area contributed by atoms with Crippen molar-refractivity contribution in [2.45, 2.75) is 6.42 Å². The third-order valence-corrected chi connectivity index (χ3v) is 3.70. The van der Waals surface area contributed by atoms with Crippen molar-refractivity contribution < 1.29 is 4.74 Å². The van der Waals surface area contributed by atoms with E-state index in [2.05, 4.69) is 26.3 Å². The predicted molar refractivity (Wildman–Crippen MR) is 83.7 cm³/mol. The molecule has 5 heteroatoms. The second kappa shape index (κ2) is 6.54. The van der Waals surface area contributed by atoms with Crippen molar-refractivity contribution in [2.24, 2.45) is 0 Å². The number of rotatable bonds is 3. The van der Waals surface area contributed by atoms with E-state index in [0.29, 0.717) is 0 Å². The number of nitrogens with one attached hydrogen (secondary N) is 1. The second-order valence-corrected chi connectivity index (χ2v) is 5.08. The molecule has 1 aromatic heterocycles. The first-order valence-electron chi connectivity index (χ1n) is 7.29. The van der Waals surface area contributed by atoms with Crippen LogP contribution in [-0.2, 0) is 0 Å². The molecule has 0 amide bonds. The van der Waals surface area contributed by atoms with E-state index in [9.17, 15) is 0 Å². The number of ether oxygens (including phenoxy) is 1. The minimum Gasteiger partial charge on any atom is -0.497 e. The Kier molecular flexibility index (Phi) is 4.31. The van der Waals surface area contributed by atoms with Gasteiger partial charge in [-0.25, -0.2) is 9.97 Å². The van der Waals surface area contributed by atoms with Gasteiger partial charge in [-0.1, -0.05) is 0 Å². The van der Waals surface area contributed by atoms with Gasteiger partial charge in [0.25, 0.3) is 0 Å². The van der Waals surface area contributed by atoms with Crippen molar-refractivity contribution in [1.29, 1.82) is 0 Å². The molecule has 2 aromatic rings. The number of anilines is 1. The monoisotopic (exact) mass is 284 g/mol. The smallest absolute Gasteiger partial charge is 0.132 e. The molecule has 0 bridgehead atoms. The van der Waals surface area contributed by atoms with Crippen molar-refractivity contribution in [3.05, 3.63) is 36.7 Å². The second-order valence-electron chi connectivity index (χ2n) is 5.08. The van der Waals surface area contributed by atoms with E-state index in [4.69, 9.17) is 4.74 Å². The summed E-state index contributed by atoms with van der Waals surface area (Å²) in [7, 11) is 1.67.